The summed E-state index contributed by atoms with van der Waals surface area (Å²) in [5.41, 5.74) is 5.16. The van der Waals surface area contributed by atoms with Crippen LogP contribution < -0.4 is 5.32 Å². The van der Waals surface area contributed by atoms with Gasteiger partial charge in [0.15, 0.2) is 0 Å². The minimum absolute atomic E-state index is 0.489. The van der Waals surface area contributed by atoms with Crippen LogP contribution in [0, 0.1) is 6.92 Å². The molecule has 0 spiro atoms. The predicted octanol–water partition coefficient (Wildman–Crippen LogP) is 3.17. The van der Waals surface area contributed by atoms with Crippen molar-refractivity contribution in [1.29, 1.82) is 0 Å². The van der Waals surface area contributed by atoms with E-state index >= 15 is 0 Å². The smallest absolute Gasteiger partial charge is 0.0545 e. The van der Waals surface area contributed by atoms with E-state index in [0.29, 0.717) is 6.04 Å². The van der Waals surface area contributed by atoms with Gasteiger partial charge < -0.3 is 5.32 Å². The highest BCUT2D eigenvalue weighted by atomic mass is 14.9. The van der Waals surface area contributed by atoms with E-state index in [2.05, 4.69) is 46.7 Å². The molecule has 0 saturated carbocycles. The summed E-state index contributed by atoms with van der Waals surface area (Å²) in [7, 11) is 0. The van der Waals surface area contributed by atoms with Crippen molar-refractivity contribution in [3.8, 4) is 0 Å². The summed E-state index contributed by atoms with van der Waals surface area (Å²) in [5.74, 6) is 0. The van der Waals surface area contributed by atoms with Gasteiger partial charge in [-0.15, -0.1) is 0 Å². The number of pyridine rings is 1. The maximum absolute atomic E-state index is 4.53. The van der Waals surface area contributed by atoms with Gasteiger partial charge in [-0.05, 0) is 43.0 Å². The van der Waals surface area contributed by atoms with Crippen molar-refractivity contribution in [2.75, 3.05) is 0 Å². The second-order valence-corrected chi connectivity index (χ2v) is 4.94. The Kier molecular flexibility index (Phi) is 3.11. The zero-order chi connectivity index (χ0) is 12.4. The van der Waals surface area contributed by atoms with Crippen molar-refractivity contribution in [2.24, 2.45) is 0 Å². The van der Waals surface area contributed by atoms with Gasteiger partial charge in [-0.3, -0.25) is 4.98 Å². The molecule has 0 aliphatic heterocycles. The van der Waals surface area contributed by atoms with Gasteiger partial charge in [0.05, 0.1) is 5.69 Å². The quantitative estimate of drug-likeness (QED) is 0.888. The summed E-state index contributed by atoms with van der Waals surface area (Å²) >= 11 is 0. The second kappa shape index (κ2) is 4.91. The molecule has 0 bridgehead atoms. The first-order valence-corrected chi connectivity index (χ1v) is 6.56. The Morgan fingerprint density at radius 1 is 1.17 bits per heavy atom. The minimum Gasteiger partial charge on any atom is -0.304 e. The molecular formula is C16H18N2. The SMILES string of the molecule is Cc1cccc(CNC2CCc3ccccc32)n1. The van der Waals surface area contributed by atoms with Crippen LogP contribution in [0.5, 0.6) is 0 Å². The van der Waals surface area contributed by atoms with E-state index in [9.17, 15) is 0 Å². The van der Waals surface area contributed by atoms with E-state index in [0.717, 1.165) is 17.9 Å². The molecule has 1 heterocycles. The van der Waals surface area contributed by atoms with Gasteiger partial charge >= 0.3 is 0 Å². The van der Waals surface area contributed by atoms with Gasteiger partial charge in [0, 0.05) is 18.3 Å². The summed E-state index contributed by atoms with van der Waals surface area (Å²) in [5, 5.41) is 3.62. The molecule has 3 rings (SSSR count). The lowest BCUT2D eigenvalue weighted by Gasteiger charge is -2.13. The highest BCUT2D eigenvalue weighted by Gasteiger charge is 2.20. The van der Waals surface area contributed by atoms with Crippen LogP contribution in [0.4, 0.5) is 0 Å². The summed E-state index contributed by atoms with van der Waals surface area (Å²) in [4.78, 5) is 4.53. The maximum atomic E-state index is 4.53. The molecule has 2 heteroatoms. The van der Waals surface area contributed by atoms with Gasteiger partial charge in [0.2, 0.25) is 0 Å². The molecule has 92 valence electrons. The summed E-state index contributed by atoms with van der Waals surface area (Å²) in [6.07, 6.45) is 2.39. The van der Waals surface area contributed by atoms with Crippen molar-refractivity contribution < 1.29 is 0 Å². The summed E-state index contributed by atoms with van der Waals surface area (Å²) in [6, 6.07) is 15.4. The summed E-state index contributed by atoms with van der Waals surface area (Å²) in [6.45, 7) is 2.88. The van der Waals surface area contributed by atoms with Crippen LogP contribution in [0.15, 0.2) is 42.5 Å². The molecule has 1 aromatic carbocycles. The Hall–Kier alpha value is -1.67. The zero-order valence-electron chi connectivity index (χ0n) is 10.7. The number of aryl methyl sites for hydroxylation is 2. The lowest BCUT2D eigenvalue weighted by atomic mass is 10.1. The lowest BCUT2D eigenvalue weighted by Crippen LogP contribution is -2.19. The van der Waals surface area contributed by atoms with E-state index in [1.165, 1.54) is 24.0 Å². The highest BCUT2D eigenvalue weighted by Crippen LogP contribution is 2.30. The average molecular weight is 238 g/mol. The number of aromatic nitrogens is 1. The van der Waals surface area contributed by atoms with Crippen LogP contribution in [-0.2, 0) is 13.0 Å². The maximum Gasteiger partial charge on any atom is 0.0545 e. The number of nitrogens with one attached hydrogen (secondary N) is 1. The first kappa shape index (κ1) is 11.4. The fraction of sp³-hybridized carbons (Fsp3) is 0.312. The topological polar surface area (TPSA) is 24.9 Å². The molecular weight excluding hydrogens is 220 g/mol. The average Bonchev–Trinajstić information content (AvgIpc) is 2.80. The molecule has 0 radical (unpaired) electrons. The second-order valence-electron chi connectivity index (χ2n) is 4.94. The van der Waals surface area contributed by atoms with Gasteiger partial charge in [-0.2, -0.15) is 0 Å². The lowest BCUT2D eigenvalue weighted by molar-refractivity contribution is 0.525. The number of fused-ring (bicyclic) bond motifs is 1. The van der Waals surface area contributed by atoms with Crippen molar-refractivity contribution in [1.82, 2.24) is 10.3 Å². The fourth-order valence-electron chi connectivity index (χ4n) is 2.69. The first-order chi connectivity index (χ1) is 8.83. The number of benzene rings is 1. The molecule has 18 heavy (non-hydrogen) atoms. The zero-order valence-corrected chi connectivity index (χ0v) is 10.7. The van der Waals surface area contributed by atoms with Gasteiger partial charge in [0.25, 0.3) is 0 Å². The number of hydrogen-bond acceptors (Lipinski definition) is 2. The standard InChI is InChI=1S/C16H18N2/c1-12-5-4-7-14(18-12)11-17-16-10-9-13-6-2-3-8-15(13)16/h2-8,16-17H,9-11H2,1H3. The van der Waals surface area contributed by atoms with E-state index < -0.39 is 0 Å². The van der Waals surface area contributed by atoms with Crippen LogP contribution >= 0.6 is 0 Å². The van der Waals surface area contributed by atoms with Gasteiger partial charge in [-0.25, -0.2) is 0 Å². The highest BCUT2D eigenvalue weighted by molar-refractivity contribution is 5.34. The van der Waals surface area contributed by atoms with Gasteiger partial charge in [0.1, 0.15) is 0 Å². The van der Waals surface area contributed by atoms with Crippen molar-refractivity contribution >= 4 is 0 Å². The number of hydrogen-bond donors (Lipinski definition) is 1. The van der Waals surface area contributed by atoms with Crippen molar-refractivity contribution in [3.63, 3.8) is 0 Å². The normalized spacial score (nSPS) is 17.7. The molecule has 1 aliphatic rings. The van der Waals surface area contributed by atoms with Gasteiger partial charge in [-0.1, -0.05) is 30.3 Å². The third-order valence-electron chi connectivity index (χ3n) is 3.61. The fourth-order valence-corrected chi connectivity index (χ4v) is 2.69. The molecule has 0 fully saturated rings. The Morgan fingerprint density at radius 3 is 2.94 bits per heavy atom. The Bertz CT molecular complexity index is 548. The van der Waals surface area contributed by atoms with E-state index in [4.69, 9.17) is 0 Å². The van der Waals surface area contributed by atoms with Crippen LogP contribution in [0.3, 0.4) is 0 Å². The molecule has 2 nitrogen and oxygen atoms in total. The van der Waals surface area contributed by atoms with Crippen LogP contribution in [0.1, 0.15) is 35.0 Å². The molecule has 1 aromatic heterocycles. The molecule has 1 N–H and O–H groups in total. The third kappa shape index (κ3) is 2.29. The minimum atomic E-state index is 0.489. The van der Waals surface area contributed by atoms with Crippen molar-refractivity contribution in [3.05, 3.63) is 65.0 Å². The van der Waals surface area contributed by atoms with Crippen LogP contribution in [0.25, 0.3) is 0 Å². The molecule has 2 aromatic rings. The van der Waals surface area contributed by atoms with E-state index in [-0.39, 0.29) is 0 Å². The largest absolute Gasteiger partial charge is 0.304 e. The molecule has 0 saturated heterocycles. The van der Waals surface area contributed by atoms with Crippen LogP contribution in [-0.4, -0.2) is 4.98 Å². The summed E-state index contributed by atoms with van der Waals surface area (Å²) < 4.78 is 0. The Morgan fingerprint density at radius 2 is 2.06 bits per heavy atom. The van der Waals surface area contributed by atoms with Crippen LogP contribution in [0.2, 0.25) is 0 Å². The number of rotatable bonds is 3. The van der Waals surface area contributed by atoms with E-state index in [1.807, 2.05) is 13.0 Å². The predicted molar refractivity (Wildman–Crippen MR) is 73.3 cm³/mol. The number of nitrogens with zero attached hydrogens (tertiary/aromatic N) is 1. The molecule has 1 atom stereocenters. The van der Waals surface area contributed by atoms with E-state index in [1.54, 1.807) is 0 Å². The monoisotopic (exact) mass is 238 g/mol. The molecule has 1 aliphatic carbocycles. The first-order valence-electron chi connectivity index (χ1n) is 6.56. The molecule has 0 amide bonds. The Labute approximate surface area is 108 Å². The molecule has 1 unspecified atom stereocenters. The Balaban J connectivity index is 1.69. The third-order valence-corrected chi connectivity index (χ3v) is 3.61. The van der Waals surface area contributed by atoms with Crippen molar-refractivity contribution in [2.45, 2.75) is 32.4 Å².